The molecule has 1 aromatic rings. The lowest BCUT2D eigenvalue weighted by molar-refractivity contribution is -0.120. The summed E-state index contributed by atoms with van der Waals surface area (Å²) in [5, 5.41) is 5.65. The molecule has 0 saturated heterocycles. The molecule has 1 aromatic heterocycles. The summed E-state index contributed by atoms with van der Waals surface area (Å²) in [4.78, 5) is 21.7. The molecule has 0 radical (unpaired) electrons. The maximum absolute atomic E-state index is 11.2. The van der Waals surface area contributed by atoms with Crippen LogP contribution in [0.2, 0.25) is 0 Å². The number of nitrogens with one attached hydrogen (secondary N) is 2. The third kappa shape index (κ3) is 4.14. The van der Waals surface area contributed by atoms with E-state index in [9.17, 15) is 4.79 Å². The van der Waals surface area contributed by atoms with Gasteiger partial charge in [-0.1, -0.05) is 0 Å². The Bertz CT molecular complexity index is 412. The Kier molecular flexibility index (Phi) is 5.84. The van der Waals surface area contributed by atoms with Gasteiger partial charge in [-0.05, 0) is 22.9 Å². The minimum absolute atomic E-state index is 0.0129. The highest BCUT2D eigenvalue weighted by molar-refractivity contribution is 9.10. The number of anilines is 2. The first-order valence-electron chi connectivity index (χ1n) is 5.76. The van der Waals surface area contributed by atoms with Crippen molar-refractivity contribution in [3.63, 3.8) is 0 Å². The van der Waals surface area contributed by atoms with Crippen LogP contribution in [0.15, 0.2) is 10.7 Å². The van der Waals surface area contributed by atoms with Gasteiger partial charge in [0, 0.05) is 39.8 Å². The number of aromatic nitrogens is 2. The predicted molar refractivity (Wildman–Crippen MR) is 75.8 cm³/mol. The molecule has 0 saturated carbocycles. The van der Waals surface area contributed by atoms with E-state index in [-0.39, 0.29) is 5.91 Å². The van der Waals surface area contributed by atoms with Crippen molar-refractivity contribution in [2.24, 2.45) is 0 Å². The Morgan fingerprint density at radius 1 is 1.56 bits per heavy atom. The summed E-state index contributed by atoms with van der Waals surface area (Å²) in [6, 6.07) is 0. The lowest BCUT2D eigenvalue weighted by Gasteiger charge is -2.19. The molecule has 1 heterocycles. The number of nitrogens with zero attached hydrogens (tertiary/aromatic N) is 3. The van der Waals surface area contributed by atoms with Crippen molar-refractivity contribution in [1.29, 1.82) is 0 Å². The number of rotatable bonds is 6. The van der Waals surface area contributed by atoms with Gasteiger partial charge in [-0.2, -0.15) is 4.98 Å². The lowest BCUT2D eigenvalue weighted by Crippen LogP contribution is -2.27. The van der Waals surface area contributed by atoms with Crippen LogP contribution in [0.5, 0.6) is 0 Å². The van der Waals surface area contributed by atoms with Gasteiger partial charge in [0.15, 0.2) is 0 Å². The summed E-state index contributed by atoms with van der Waals surface area (Å²) in [6.07, 6.45) is 2.14. The Labute approximate surface area is 115 Å². The summed E-state index contributed by atoms with van der Waals surface area (Å²) in [7, 11) is 3.53. The molecule has 0 aliphatic rings. The van der Waals surface area contributed by atoms with Crippen LogP contribution < -0.4 is 15.5 Å². The van der Waals surface area contributed by atoms with Crippen LogP contribution in [0.4, 0.5) is 11.8 Å². The summed E-state index contributed by atoms with van der Waals surface area (Å²) in [5.41, 5.74) is 0. The second-order valence-corrected chi connectivity index (χ2v) is 4.59. The van der Waals surface area contributed by atoms with Crippen molar-refractivity contribution in [1.82, 2.24) is 15.3 Å². The molecular formula is C11H18BrN5O. The maximum Gasteiger partial charge on any atom is 0.224 e. The molecule has 0 bridgehead atoms. The smallest absolute Gasteiger partial charge is 0.224 e. The SMILES string of the molecule is CCNc1ncc(Br)c(N(C)CCC(=O)NC)n1. The third-order valence-electron chi connectivity index (χ3n) is 2.38. The van der Waals surface area contributed by atoms with Crippen LogP contribution in [0.25, 0.3) is 0 Å². The molecule has 6 nitrogen and oxygen atoms in total. The fourth-order valence-electron chi connectivity index (χ4n) is 1.37. The van der Waals surface area contributed by atoms with E-state index in [4.69, 9.17) is 0 Å². The van der Waals surface area contributed by atoms with Gasteiger partial charge >= 0.3 is 0 Å². The van der Waals surface area contributed by atoms with E-state index in [0.717, 1.165) is 16.8 Å². The number of carbonyl (C=O) groups is 1. The fourth-order valence-corrected chi connectivity index (χ4v) is 1.86. The number of hydrogen-bond donors (Lipinski definition) is 2. The summed E-state index contributed by atoms with van der Waals surface area (Å²) >= 11 is 3.41. The van der Waals surface area contributed by atoms with Crippen LogP contribution in [-0.4, -0.2) is 43.1 Å². The molecule has 0 spiro atoms. The van der Waals surface area contributed by atoms with Crippen LogP contribution in [0.3, 0.4) is 0 Å². The first-order chi connectivity index (χ1) is 8.58. The summed E-state index contributed by atoms with van der Waals surface area (Å²) in [5.74, 6) is 1.37. The van der Waals surface area contributed by atoms with Crippen molar-refractivity contribution < 1.29 is 4.79 Å². The largest absolute Gasteiger partial charge is 0.359 e. The molecular weight excluding hydrogens is 298 g/mol. The molecule has 1 amide bonds. The van der Waals surface area contributed by atoms with E-state index in [2.05, 4.69) is 36.5 Å². The van der Waals surface area contributed by atoms with Gasteiger partial charge in [-0.25, -0.2) is 4.98 Å². The second-order valence-electron chi connectivity index (χ2n) is 3.74. The van der Waals surface area contributed by atoms with E-state index in [0.29, 0.717) is 18.9 Å². The minimum Gasteiger partial charge on any atom is -0.359 e. The molecule has 100 valence electrons. The first kappa shape index (κ1) is 14.7. The van der Waals surface area contributed by atoms with Crippen LogP contribution in [0.1, 0.15) is 13.3 Å². The van der Waals surface area contributed by atoms with Crippen LogP contribution in [0, 0.1) is 0 Å². The molecule has 1 rings (SSSR count). The topological polar surface area (TPSA) is 70.2 Å². The molecule has 7 heteroatoms. The van der Waals surface area contributed by atoms with Crippen molar-refractivity contribution >= 4 is 33.6 Å². The Morgan fingerprint density at radius 2 is 2.28 bits per heavy atom. The molecule has 0 atom stereocenters. The first-order valence-corrected chi connectivity index (χ1v) is 6.56. The van der Waals surface area contributed by atoms with Gasteiger partial charge in [-0.3, -0.25) is 4.79 Å². The Hall–Kier alpha value is -1.37. The van der Waals surface area contributed by atoms with Crippen molar-refractivity contribution in [2.45, 2.75) is 13.3 Å². The van der Waals surface area contributed by atoms with E-state index >= 15 is 0 Å². The summed E-state index contributed by atoms with van der Waals surface area (Å²) < 4.78 is 0.809. The second kappa shape index (κ2) is 7.15. The van der Waals surface area contributed by atoms with E-state index in [1.165, 1.54) is 0 Å². The van der Waals surface area contributed by atoms with E-state index < -0.39 is 0 Å². The van der Waals surface area contributed by atoms with E-state index in [1.54, 1.807) is 13.2 Å². The third-order valence-corrected chi connectivity index (χ3v) is 2.93. The standard InChI is InChI=1S/C11H18BrN5O/c1-4-14-11-15-7-8(12)10(16-11)17(3)6-5-9(18)13-2/h7H,4-6H2,1-3H3,(H,13,18)(H,14,15,16). The zero-order chi connectivity index (χ0) is 13.5. The average Bonchev–Trinajstić information content (AvgIpc) is 2.38. The predicted octanol–water partition coefficient (Wildman–Crippen LogP) is 1.24. The van der Waals surface area contributed by atoms with Gasteiger partial charge in [0.1, 0.15) is 5.82 Å². The molecule has 0 aromatic carbocycles. The fraction of sp³-hybridized carbons (Fsp3) is 0.545. The molecule has 18 heavy (non-hydrogen) atoms. The normalized spacial score (nSPS) is 10.0. The molecule has 0 fully saturated rings. The number of hydrogen-bond acceptors (Lipinski definition) is 5. The summed E-state index contributed by atoms with van der Waals surface area (Å²) in [6.45, 7) is 3.35. The molecule has 0 unspecified atom stereocenters. The van der Waals surface area contributed by atoms with Gasteiger partial charge in [0.25, 0.3) is 0 Å². The quantitative estimate of drug-likeness (QED) is 0.826. The highest BCUT2D eigenvalue weighted by Gasteiger charge is 2.10. The lowest BCUT2D eigenvalue weighted by atomic mass is 10.3. The van der Waals surface area contributed by atoms with Gasteiger partial charge in [0.05, 0.1) is 4.47 Å². The van der Waals surface area contributed by atoms with Crippen molar-refractivity contribution in [2.75, 3.05) is 37.4 Å². The number of carbonyl (C=O) groups excluding carboxylic acids is 1. The van der Waals surface area contributed by atoms with Crippen molar-refractivity contribution in [3.8, 4) is 0 Å². The van der Waals surface area contributed by atoms with Gasteiger partial charge in [0.2, 0.25) is 11.9 Å². The average molecular weight is 316 g/mol. The number of halogens is 1. The molecule has 2 N–H and O–H groups in total. The maximum atomic E-state index is 11.2. The van der Waals surface area contributed by atoms with Crippen LogP contribution in [-0.2, 0) is 4.79 Å². The zero-order valence-electron chi connectivity index (χ0n) is 10.8. The molecule has 0 aliphatic heterocycles. The highest BCUT2D eigenvalue weighted by Crippen LogP contribution is 2.23. The van der Waals surface area contributed by atoms with E-state index in [1.807, 2.05) is 18.9 Å². The Morgan fingerprint density at radius 3 is 2.89 bits per heavy atom. The Balaban J connectivity index is 2.74. The molecule has 0 aliphatic carbocycles. The monoisotopic (exact) mass is 315 g/mol. The van der Waals surface area contributed by atoms with Gasteiger partial charge in [-0.15, -0.1) is 0 Å². The number of amides is 1. The minimum atomic E-state index is 0.0129. The van der Waals surface area contributed by atoms with Gasteiger partial charge < -0.3 is 15.5 Å². The van der Waals surface area contributed by atoms with Crippen molar-refractivity contribution in [3.05, 3.63) is 10.7 Å². The van der Waals surface area contributed by atoms with Crippen LogP contribution >= 0.6 is 15.9 Å². The zero-order valence-corrected chi connectivity index (χ0v) is 12.4. The highest BCUT2D eigenvalue weighted by atomic mass is 79.9.